The van der Waals surface area contributed by atoms with Crippen LogP contribution in [0.25, 0.3) is 21.9 Å². The molecular formula is C19H17NO4. The number of carbonyl (C=O) groups excluding carboxylic acids is 1. The number of rotatable bonds is 5. The van der Waals surface area contributed by atoms with E-state index in [0.29, 0.717) is 17.1 Å². The van der Waals surface area contributed by atoms with Crippen molar-refractivity contribution in [3.63, 3.8) is 0 Å². The molecule has 5 nitrogen and oxygen atoms in total. The maximum Gasteiger partial charge on any atom is 0.255 e. The van der Waals surface area contributed by atoms with Crippen LogP contribution in [0.2, 0.25) is 0 Å². The highest BCUT2D eigenvalue weighted by Crippen LogP contribution is 2.34. The molecule has 3 N–H and O–H groups in total. The van der Waals surface area contributed by atoms with Gasteiger partial charge in [-0.05, 0) is 52.7 Å². The van der Waals surface area contributed by atoms with Crippen LogP contribution in [0.4, 0.5) is 0 Å². The summed E-state index contributed by atoms with van der Waals surface area (Å²) in [6.45, 7) is -0.165. The Morgan fingerprint density at radius 1 is 1.00 bits per heavy atom. The Kier molecular flexibility index (Phi) is 4.24. The summed E-state index contributed by atoms with van der Waals surface area (Å²) in [6, 6.07) is 16.4. The van der Waals surface area contributed by atoms with Crippen molar-refractivity contribution in [3.8, 4) is 28.4 Å². The van der Waals surface area contributed by atoms with Gasteiger partial charge in [0.1, 0.15) is 17.2 Å². The second kappa shape index (κ2) is 6.50. The van der Waals surface area contributed by atoms with Crippen LogP contribution in [0.3, 0.4) is 0 Å². The highest BCUT2D eigenvalue weighted by atomic mass is 16.5. The van der Waals surface area contributed by atoms with Crippen molar-refractivity contribution >= 4 is 16.7 Å². The Bertz CT molecular complexity index is 905. The van der Waals surface area contributed by atoms with Crippen molar-refractivity contribution in [1.82, 2.24) is 0 Å². The zero-order valence-corrected chi connectivity index (χ0v) is 13.2. The number of primary amides is 1. The first kappa shape index (κ1) is 15.7. The molecule has 0 spiro atoms. The number of phenols is 1. The topological polar surface area (TPSA) is 81.8 Å². The maximum atomic E-state index is 10.8. The summed E-state index contributed by atoms with van der Waals surface area (Å²) in [5.41, 5.74) is 6.63. The number of fused-ring (bicyclic) bond motifs is 1. The Morgan fingerprint density at radius 2 is 1.75 bits per heavy atom. The van der Waals surface area contributed by atoms with Crippen LogP contribution in [0.5, 0.6) is 17.2 Å². The molecule has 0 aliphatic carbocycles. The van der Waals surface area contributed by atoms with Gasteiger partial charge in [0.05, 0.1) is 7.11 Å². The molecule has 3 aromatic carbocycles. The van der Waals surface area contributed by atoms with E-state index in [1.165, 1.54) is 0 Å². The fourth-order valence-electron chi connectivity index (χ4n) is 2.51. The summed E-state index contributed by atoms with van der Waals surface area (Å²) >= 11 is 0. The zero-order valence-electron chi connectivity index (χ0n) is 13.2. The average molecular weight is 323 g/mol. The largest absolute Gasteiger partial charge is 0.507 e. The third-order valence-corrected chi connectivity index (χ3v) is 3.71. The van der Waals surface area contributed by atoms with Crippen molar-refractivity contribution < 1.29 is 19.4 Å². The standard InChI is InChI=1S/C19H17NO4/c1-23-15-6-7-18(21)17(10-15)13-3-2-12-4-5-16(9-14(12)8-13)24-11-19(20)22/h2-10,21H,11H2,1H3,(H2,20,22). The van der Waals surface area contributed by atoms with Crippen molar-refractivity contribution in [2.75, 3.05) is 13.7 Å². The Hall–Kier alpha value is -3.21. The van der Waals surface area contributed by atoms with Crippen molar-refractivity contribution in [1.29, 1.82) is 0 Å². The van der Waals surface area contributed by atoms with Crippen LogP contribution in [-0.4, -0.2) is 24.7 Å². The minimum Gasteiger partial charge on any atom is -0.507 e. The highest BCUT2D eigenvalue weighted by molar-refractivity contribution is 5.89. The molecule has 0 aliphatic rings. The lowest BCUT2D eigenvalue weighted by atomic mass is 10.00. The van der Waals surface area contributed by atoms with E-state index >= 15 is 0 Å². The van der Waals surface area contributed by atoms with Crippen molar-refractivity contribution in [2.45, 2.75) is 0 Å². The predicted molar refractivity (Wildman–Crippen MR) is 92.3 cm³/mol. The summed E-state index contributed by atoms with van der Waals surface area (Å²) in [5.74, 6) is 0.885. The number of nitrogens with two attached hydrogens (primary N) is 1. The van der Waals surface area contributed by atoms with Crippen molar-refractivity contribution in [3.05, 3.63) is 54.6 Å². The third-order valence-electron chi connectivity index (χ3n) is 3.71. The number of carbonyl (C=O) groups is 1. The van der Waals surface area contributed by atoms with Crippen LogP contribution < -0.4 is 15.2 Å². The van der Waals surface area contributed by atoms with Crippen LogP contribution in [0, 0.1) is 0 Å². The van der Waals surface area contributed by atoms with E-state index < -0.39 is 5.91 Å². The van der Waals surface area contributed by atoms with Crippen LogP contribution in [-0.2, 0) is 4.79 Å². The smallest absolute Gasteiger partial charge is 0.255 e. The van der Waals surface area contributed by atoms with E-state index in [1.54, 1.807) is 31.4 Å². The second-order valence-corrected chi connectivity index (χ2v) is 5.36. The highest BCUT2D eigenvalue weighted by Gasteiger charge is 2.08. The number of aromatic hydroxyl groups is 1. The van der Waals surface area contributed by atoms with Crippen LogP contribution >= 0.6 is 0 Å². The minimum atomic E-state index is -0.523. The number of hydrogen-bond donors (Lipinski definition) is 2. The van der Waals surface area contributed by atoms with Gasteiger partial charge in [-0.1, -0.05) is 18.2 Å². The molecule has 122 valence electrons. The molecule has 0 fully saturated rings. The zero-order chi connectivity index (χ0) is 17.1. The van der Waals surface area contributed by atoms with E-state index in [-0.39, 0.29) is 12.4 Å². The number of benzene rings is 3. The van der Waals surface area contributed by atoms with Gasteiger partial charge in [-0.15, -0.1) is 0 Å². The lowest BCUT2D eigenvalue weighted by Gasteiger charge is -2.10. The first-order valence-electron chi connectivity index (χ1n) is 7.39. The molecule has 1 amide bonds. The van der Waals surface area contributed by atoms with Crippen LogP contribution in [0.1, 0.15) is 0 Å². The Labute approximate surface area is 139 Å². The molecule has 24 heavy (non-hydrogen) atoms. The SMILES string of the molecule is COc1ccc(O)c(-c2ccc3ccc(OCC(N)=O)cc3c2)c1. The third kappa shape index (κ3) is 3.25. The number of phenolic OH excluding ortho intramolecular Hbond substituents is 1. The van der Waals surface area contributed by atoms with E-state index in [9.17, 15) is 9.90 Å². The number of ether oxygens (including phenoxy) is 2. The molecule has 3 aromatic rings. The minimum absolute atomic E-state index is 0.165. The van der Waals surface area contributed by atoms with Gasteiger partial charge in [-0.3, -0.25) is 4.79 Å². The number of hydrogen-bond acceptors (Lipinski definition) is 4. The summed E-state index contributed by atoms with van der Waals surface area (Å²) in [5, 5.41) is 12.1. The quantitative estimate of drug-likeness (QED) is 0.756. The van der Waals surface area contributed by atoms with Gasteiger partial charge in [-0.25, -0.2) is 0 Å². The van der Waals surface area contributed by atoms with Gasteiger partial charge in [0, 0.05) is 5.56 Å². The van der Waals surface area contributed by atoms with Gasteiger partial charge in [0.15, 0.2) is 6.61 Å². The molecule has 0 aromatic heterocycles. The van der Waals surface area contributed by atoms with Gasteiger partial charge in [0.25, 0.3) is 5.91 Å². The lowest BCUT2D eigenvalue weighted by molar-refractivity contribution is -0.119. The monoisotopic (exact) mass is 323 g/mol. The predicted octanol–water partition coefficient (Wildman–Crippen LogP) is 3.09. The molecule has 0 unspecified atom stereocenters. The molecule has 0 radical (unpaired) electrons. The summed E-state index contributed by atoms with van der Waals surface area (Å²) in [7, 11) is 1.58. The summed E-state index contributed by atoms with van der Waals surface area (Å²) in [4.78, 5) is 10.8. The summed E-state index contributed by atoms with van der Waals surface area (Å²) < 4.78 is 10.6. The molecule has 5 heteroatoms. The fourth-order valence-corrected chi connectivity index (χ4v) is 2.51. The first-order chi connectivity index (χ1) is 11.6. The fraction of sp³-hybridized carbons (Fsp3) is 0.105. The van der Waals surface area contributed by atoms with E-state index in [0.717, 1.165) is 16.3 Å². The van der Waals surface area contributed by atoms with Gasteiger partial charge in [-0.2, -0.15) is 0 Å². The average Bonchev–Trinajstić information content (AvgIpc) is 2.59. The first-order valence-corrected chi connectivity index (χ1v) is 7.39. The Morgan fingerprint density at radius 3 is 2.50 bits per heavy atom. The molecule has 0 atom stereocenters. The van der Waals surface area contributed by atoms with E-state index in [4.69, 9.17) is 15.2 Å². The molecule has 0 saturated heterocycles. The van der Waals surface area contributed by atoms with E-state index in [2.05, 4.69) is 0 Å². The molecule has 0 saturated carbocycles. The van der Waals surface area contributed by atoms with Gasteiger partial charge in [0.2, 0.25) is 0 Å². The molecule has 0 heterocycles. The Balaban J connectivity index is 2.02. The van der Waals surface area contributed by atoms with Gasteiger partial charge >= 0.3 is 0 Å². The molecule has 3 rings (SSSR count). The lowest BCUT2D eigenvalue weighted by Crippen LogP contribution is -2.19. The number of methoxy groups -OCH3 is 1. The molecular weight excluding hydrogens is 306 g/mol. The summed E-state index contributed by atoms with van der Waals surface area (Å²) in [6.07, 6.45) is 0. The normalized spacial score (nSPS) is 10.5. The number of amides is 1. The van der Waals surface area contributed by atoms with E-state index in [1.807, 2.05) is 30.3 Å². The molecule has 0 aliphatic heterocycles. The molecule has 0 bridgehead atoms. The second-order valence-electron chi connectivity index (χ2n) is 5.36. The van der Waals surface area contributed by atoms with Crippen LogP contribution in [0.15, 0.2) is 54.6 Å². The van der Waals surface area contributed by atoms with Crippen molar-refractivity contribution in [2.24, 2.45) is 5.73 Å². The van der Waals surface area contributed by atoms with Gasteiger partial charge < -0.3 is 20.3 Å². The maximum absolute atomic E-state index is 10.8.